The number of para-hydroxylation sites is 1. The zero-order valence-electron chi connectivity index (χ0n) is 11.6. The molecule has 0 saturated heterocycles. The van der Waals surface area contributed by atoms with E-state index in [2.05, 4.69) is 5.32 Å². The van der Waals surface area contributed by atoms with Gasteiger partial charge in [-0.05, 0) is 32.5 Å². The lowest BCUT2D eigenvalue weighted by Gasteiger charge is -2.23. The molecule has 19 heavy (non-hydrogen) atoms. The molecule has 0 saturated carbocycles. The van der Waals surface area contributed by atoms with Gasteiger partial charge in [-0.15, -0.1) is 0 Å². The van der Waals surface area contributed by atoms with Gasteiger partial charge >= 0.3 is 0 Å². The van der Waals surface area contributed by atoms with Gasteiger partial charge in [0.2, 0.25) is 5.91 Å². The number of nitrogens with zero attached hydrogens (tertiary/aromatic N) is 1. The first-order valence-electron chi connectivity index (χ1n) is 6.31. The highest BCUT2D eigenvalue weighted by Crippen LogP contribution is 2.20. The topological polar surface area (TPSA) is 41.6 Å². The SMILES string of the molecule is COCCCN(C)C(C)C(=O)Nc1ccccc1Cl. The minimum absolute atomic E-state index is 0.0620. The summed E-state index contributed by atoms with van der Waals surface area (Å²) in [6, 6.07) is 7.00. The van der Waals surface area contributed by atoms with Crippen LogP contribution in [0.25, 0.3) is 0 Å². The fourth-order valence-electron chi connectivity index (χ4n) is 1.65. The van der Waals surface area contributed by atoms with Crippen molar-refractivity contribution in [3.05, 3.63) is 29.3 Å². The molecule has 0 heterocycles. The lowest BCUT2D eigenvalue weighted by Crippen LogP contribution is -2.40. The molecule has 1 unspecified atom stereocenters. The Morgan fingerprint density at radius 3 is 2.79 bits per heavy atom. The van der Waals surface area contributed by atoms with Crippen LogP contribution in [0.15, 0.2) is 24.3 Å². The van der Waals surface area contributed by atoms with E-state index in [0.717, 1.165) is 13.0 Å². The smallest absolute Gasteiger partial charge is 0.241 e. The van der Waals surface area contributed by atoms with Gasteiger partial charge in [-0.25, -0.2) is 0 Å². The molecule has 0 aliphatic heterocycles. The molecule has 1 aromatic carbocycles. The highest BCUT2D eigenvalue weighted by atomic mass is 35.5. The second-order valence-electron chi connectivity index (χ2n) is 4.47. The lowest BCUT2D eigenvalue weighted by molar-refractivity contribution is -0.120. The molecule has 106 valence electrons. The molecule has 0 aliphatic rings. The van der Waals surface area contributed by atoms with Crippen LogP contribution in [0.3, 0.4) is 0 Å². The van der Waals surface area contributed by atoms with E-state index in [9.17, 15) is 4.79 Å². The van der Waals surface area contributed by atoms with Gasteiger partial charge in [0.15, 0.2) is 0 Å². The van der Waals surface area contributed by atoms with Crippen molar-refractivity contribution in [3.63, 3.8) is 0 Å². The number of hydrogen-bond acceptors (Lipinski definition) is 3. The Bertz CT molecular complexity index is 412. The Hall–Kier alpha value is -1.10. The van der Waals surface area contributed by atoms with Gasteiger partial charge in [-0.3, -0.25) is 9.69 Å². The van der Waals surface area contributed by atoms with Crippen molar-refractivity contribution in [2.24, 2.45) is 0 Å². The van der Waals surface area contributed by atoms with Crippen LogP contribution in [0.1, 0.15) is 13.3 Å². The summed E-state index contributed by atoms with van der Waals surface area (Å²) in [6.07, 6.45) is 0.900. The lowest BCUT2D eigenvalue weighted by atomic mass is 10.2. The van der Waals surface area contributed by atoms with Gasteiger partial charge in [-0.2, -0.15) is 0 Å². The van der Waals surface area contributed by atoms with Crippen molar-refractivity contribution in [1.82, 2.24) is 4.90 Å². The molecule has 0 spiro atoms. The highest BCUT2D eigenvalue weighted by Gasteiger charge is 2.18. The van der Waals surface area contributed by atoms with E-state index in [0.29, 0.717) is 17.3 Å². The van der Waals surface area contributed by atoms with Crippen molar-refractivity contribution in [2.45, 2.75) is 19.4 Å². The van der Waals surface area contributed by atoms with Gasteiger partial charge in [0.25, 0.3) is 0 Å². The predicted molar refractivity (Wildman–Crippen MR) is 78.7 cm³/mol. The second-order valence-corrected chi connectivity index (χ2v) is 4.88. The molecule has 1 aromatic rings. The van der Waals surface area contributed by atoms with Crippen molar-refractivity contribution in [3.8, 4) is 0 Å². The summed E-state index contributed by atoms with van der Waals surface area (Å²) in [5.74, 6) is -0.0620. The molecule has 5 heteroatoms. The Balaban J connectivity index is 2.50. The number of ether oxygens (including phenoxy) is 1. The third-order valence-electron chi connectivity index (χ3n) is 3.03. The maximum Gasteiger partial charge on any atom is 0.241 e. The van der Waals surface area contributed by atoms with E-state index < -0.39 is 0 Å². The van der Waals surface area contributed by atoms with Gasteiger partial charge < -0.3 is 10.1 Å². The zero-order valence-corrected chi connectivity index (χ0v) is 12.4. The number of nitrogens with one attached hydrogen (secondary N) is 1. The standard InChI is InChI=1S/C14H21ClN2O2/c1-11(17(2)9-6-10-19-3)14(18)16-13-8-5-4-7-12(13)15/h4-5,7-8,11H,6,9-10H2,1-3H3,(H,16,18). The minimum atomic E-state index is -0.215. The molecule has 4 nitrogen and oxygen atoms in total. The highest BCUT2D eigenvalue weighted by molar-refractivity contribution is 6.33. The van der Waals surface area contributed by atoms with Crippen LogP contribution in [0, 0.1) is 0 Å². The maximum atomic E-state index is 12.1. The van der Waals surface area contributed by atoms with Gasteiger partial charge in [0.05, 0.1) is 16.8 Å². The zero-order chi connectivity index (χ0) is 14.3. The molecule has 1 N–H and O–H groups in total. The molecule has 0 bridgehead atoms. The third-order valence-corrected chi connectivity index (χ3v) is 3.36. The predicted octanol–water partition coefficient (Wildman–Crippen LogP) is 2.64. The van der Waals surface area contributed by atoms with E-state index in [1.807, 2.05) is 31.0 Å². The Morgan fingerprint density at radius 1 is 1.47 bits per heavy atom. The summed E-state index contributed by atoms with van der Waals surface area (Å²) >= 11 is 6.01. The quantitative estimate of drug-likeness (QED) is 0.783. The largest absolute Gasteiger partial charge is 0.385 e. The van der Waals surface area contributed by atoms with Crippen LogP contribution >= 0.6 is 11.6 Å². The molecule has 1 amide bonds. The Morgan fingerprint density at radius 2 is 2.16 bits per heavy atom. The average molecular weight is 285 g/mol. The van der Waals surface area contributed by atoms with Crippen molar-refractivity contribution in [2.75, 3.05) is 32.6 Å². The van der Waals surface area contributed by atoms with Crippen LogP contribution < -0.4 is 5.32 Å². The fraction of sp³-hybridized carbons (Fsp3) is 0.500. The van der Waals surface area contributed by atoms with E-state index in [1.54, 1.807) is 19.2 Å². The first kappa shape index (κ1) is 16.0. The van der Waals surface area contributed by atoms with Crippen LogP contribution in [-0.4, -0.2) is 44.2 Å². The second kappa shape index (κ2) is 8.15. The number of rotatable bonds is 7. The fourth-order valence-corrected chi connectivity index (χ4v) is 1.83. The molecular formula is C14H21ClN2O2. The van der Waals surface area contributed by atoms with E-state index in [-0.39, 0.29) is 11.9 Å². The normalized spacial score (nSPS) is 12.5. The summed E-state index contributed by atoms with van der Waals surface area (Å²) in [7, 11) is 3.60. The van der Waals surface area contributed by atoms with Gasteiger partial charge in [0.1, 0.15) is 0 Å². The number of benzene rings is 1. The Labute approximate surface area is 119 Å². The number of halogens is 1. The van der Waals surface area contributed by atoms with Crippen LogP contribution in [0.4, 0.5) is 5.69 Å². The number of carbonyl (C=O) groups excluding carboxylic acids is 1. The van der Waals surface area contributed by atoms with E-state index in [1.165, 1.54) is 0 Å². The van der Waals surface area contributed by atoms with Gasteiger partial charge in [0, 0.05) is 20.3 Å². The molecule has 0 radical (unpaired) electrons. The van der Waals surface area contributed by atoms with E-state index >= 15 is 0 Å². The minimum Gasteiger partial charge on any atom is -0.385 e. The monoisotopic (exact) mass is 284 g/mol. The van der Waals surface area contributed by atoms with Crippen molar-refractivity contribution >= 4 is 23.2 Å². The maximum absolute atomic E-state index is 12.1. The molecule has 0 aromatic heterocycles. The number of hydrogen-bond donors (Lipinski definition) is 1. The number of amides is 1. The summed E-state index contributed by atoms with van der Waals surface area (Å²) in [5.41, 5.74) is 0.645. The molecular weight excluding hydrogens is 264 g/mol. The third kappa shape index (κ3) is 5.19. The average Bonchev–Trinajstić information content (AvgIpc) is 2.40. The summed E-state index contributed by atoms with van der Waals surface area (Å²) in [5, 5.41) is 3.38. The van der Waals surface area contributed by atoms with E-state index in [4.69, 9.17) is 16.3 Å². The first-order chi connectivity index (χ1) is 9.06. The molecule has 1 rings (SSSR count). The molecule has 0 fully saturated rings. The number of anilines is 1. The number of carbonyl (C=O) groups is 1. The summed E-state index contributed by atoms with van der Waals surface area (Å²) in [4.78, 5) is 14.1. The summed E-state index contributed by atoms with van der Waals surface area (Å²) < 4.78 is 5.00. The van der Waals surface area contributed by atoms with Crippen molar-refractivity contribution in [1.29, 1.82) is 0 Å². The van der Waals surface area contributed by atoms with Crippen LogP contribution in [-0.2, 0) is 9.53 Å². The number of likely N-dealkylation sites (N-methyl/N-ethyl adjacent to an activating group) is 1. The first-order valence-corrected chi connectivity index (χ1v) is 6.68. The summed E-state index contributed by atoms with van der Waals surface area (Å²) in [6.45, 7) is 3.38. The Kier molecular flexibility index (Phi) is 6.84. The van der Waals surface area contributed by atoms with Crippen LogP contribution in [0.5, 0.6) is 0 Å². The van der Waals surface area contributed by atoms with Crippen LogP contribution in [0.2, 0.25) is 5.02 Å². The number of methoxy groups -OCH3 is 1. The molecule has 1 atom stereocenters. The van der Waals surface area contributed by atoms with Crippen molar-refractivity contribution < 1.29 is 9.53 Å². The molecule has 0 aliphatic carbocycles. The van der Waals surface area contributed by atoms with Gasteiger partial charge in [-0.1, -0.05) is 23.7 Å².